The molecular formula is C44H59FN4O9S. The molecule has 2 saturated carbocycles. The maximum Gasteiger partial charge on any atom is 0.307 e. The Bertz CT molecular complexity index is 2120. The first kappa shape index (κ1) is 42.8. The summed E-state index contributed by atoms with van der Waals surface area (Å²) in [5.74, 6) is -2.31. The molecule has 1 saturated heterocycles. The van der Waals surface area contributed by atoms with Crippen LogP contribution in [0.3, 0.4) is 0 Å². The number of anilines is 1. The number of alkyl halides is 1. The van der Waals surface area contributed by atoms with Gasteiger partial charge in [-0.15, -0.1) is 0 Å². The highest BCUT2D eigenvalue weighted by molar-refractivity contribution is 7.91. The van der Waals surface area contributed by atoms with Gasteiger partial charge in [-0.2, -0.15) is 0 Å². The van der Waals surface area contributed by atoms with Crippen LogP contribution in [0.4, 0.5) is 10.1 Å². The monoisotopic (exact) mass is 838 g/mol. The number of nitrogens with one attached hydrogen (secondary N) is 1. The van der Waals surface area contributed by atoms with Crippen LogP contribution in [-0.4, -0.2) is 97.8 Å². The fraction of sp³-hybridized carbons (Fsp3) is 0.659. The van der Waals surface area contributed by atoms with Crippen molar-refractivity contribution in [2.75, 3.05) is 38.3 Å². The second-order valence-electron chi connectivity index (χ2n) is 18.6. The fourth-order valence-corrected chi connectivity index (χ4v) is 10.8. The minimum Gasteiger partial charge on any atom is -0.489 e. The van der Waals surface area contributed by atoms with Crippen molar-refractivity contribution < 1.29 is 46.2 Å². The van der Waals surface area contributed by atoms with Crippen LogP contribution in [0, 0.1) is 29.1 Å². The Morgan fingerprint density at radius 1 is 1.12 bits per heavy atom. The molecule has 5 aliphatic rings. The Morgan fingerprint density at radius 2 is 1.88 bits per heavy atom. The molecule has 7 atom stereocenters. The average Bonchev–Trinajstić information content (AvgIpc) is 4.08. The lowest BCUT2D eigenvalue weighted by molar-refractivity contribution is -0.160. The second kappa shape index (κ2) is 16.3. The number of hydrogen-bond acceptors (Lipinski definition) is 11. The summed E-state index contributed by atoms with van der Waals surface area (Å²) in [6.07, 6.45) is 7.60. The number of carbonyl (C=O) groups is 4. The largest absolute Gasteiger partial charge is 0.489 e. The van der Waals surface area contributed by atoms with Crippen molar-refractivity contribution in [3.63, 3.8) is 0 Å². The number of rotatable bonds is 9. The summed E-state index contributed by atoms with van der Waals surface area (Å²) in [6.45, 7) is 9.63. The second-order valence-corrected chi connectivity index (χ2v) is 20.7. The molecular weight excluding hydrogens is 780 g/mol. The van der Waals surface area contributed by atoms with Gasteiger partial charge >= 0.3 is 5.97 Å². The van der Waals surface area contributed by atoms with Gasteiger partial charge in [0.05, 0.1) is 42.6 Å². The smallest absolute Gasteiger partial charge is 0.307 e. The molecule has 0 spiro atoms. The van der Waals surface area contributed by atoms with E-state index in [1.165, 1.54) is 4.90 Å². The summed E-state index contributed by atoms with van der Waals surface area (Å²) in [4.78, 5) is 65.6. The predicted octanol–water partition coefficient (Wildman–Crippen LogP) is 6.08. The van der Waals surface area contributed by atoms with Crippen LogP contribution in [0.25, 0.3) is 10.8 Å². The number of benzene rings is 1. The molecule has 4 heterocycles. The highest BCUT2D eigenvalue weighted by Gasteiger charge is 2.63. The first-order valence-electron chi connectivity index (χ1n) is 21.2. The Kier molecular flexibility index (Phi) is 11.8. The molecule has 0 radical (unpaired) electrons. The van der Waals surface area contributed by atoms with Crippen molar-refractivity contribution in [2.24, 2.45) is 29.1 Å². The Morgan fingerprint density at radius 3 is 2.58 bits per heavy atom. The summed E-state index contributed by atoms with van der Waals surface area (Å²) in [5, 5.41) is 1.52. The van der Waals surface area contributed by atoms with Crippen molar-refractivity contribution in [2.45, 2.75) is 121 Å². The van der Waals surface area contributed by atoms with Gasteiger partial charge in [-0.1, -0.05) is 32.4 Å². The summed E-state index contributed by atoms with van der Waals surface area (Å²) in [7, 11) is -2.34. The number of ether oxygens (including phenoxy) is 3. The number of likely N-dealkylation sites (N-methyl/N-ethyl adjacent to an activating group) is 1. The molecule has 0 unspecified atom stereocenters. The Balaban J connectivity index is 1.24. The topological polar surface area (TPSA) is 162 Å². The molecule has 1 aromatic carbocycles. The van der Waals surface area contributed by atoms with E-state index in [0.29, 0.717) is 37.1 Å². The van der Waals surface area contributed by atoms with E-state index in [0.717, 1.165) is 29.8 Å². The van der Waals surface area contributed by atoms with E-state index < -0.39 is 74.1 Å². The van der Waals surface area contributed by atoms with Crippen molar-refractivity contribution in [3.8, 4) is 11.6 Å². The van der Waals surface area contributed by atoms with E-state index in [9.17, 15) is 27.2 Å². The number of esters is 1. The Labute approximate surface area is 346 Å². The standard InChI is InChI=1S/C44H59FN4O9S/c1-7-28-20-27(2)10-8-9-11-29-23-44(29,41(53)47-59(54,55)43(26-45)15-16-43)24-36(50)35-21-30(25-49(35)40(52)33(28)22-37(51)58-42(3,4)5)57-39-32-12-13-34-38(31(32)14-17-46-39)56-19-18-48(34)6/h9,11-14,17,27-30,33,35H,7-8,10,15-16,18-26H2,1-6H3,(H,47,53)/b11-9-/t27-,28+,29+,30+,33-,35-,44+/m0/s1. The highest BCUT2D eigenvalue weighted by Crippen LogP contribution is 2.58. The molecule has 15 heteroatoms. The van der Waals surface area contributed by atoms with Crippen LogP contribution >= 0.6 is 0 Å². The number of ketones is 1. The third-order valence-electron chi connectivity index (χ3n) is 13.2. The van der Waals surface area contributed by atoms with Gasteiger partial charge in [0.25, 0.3) is 0 Å². The molecule has 2 aliphatic carbocycles. The minimum atomic E-state index is -4.34. The number of halogens is 1. The zero-order chi connectivity index (χ0) is 42.5. The fourth-order valence-electron chi connectivity index (χ4n) is 9.36. The van der Waals surface area contributed by atoms with E-state index in [1.54, 1.807) is 27.0 Å². The predicted molar refractivity (Wildman–Crippen MR) is 220 cm³/mol. The van der Waals surface area contributed by atoms with Crippen LogP contribution < -0.4 is 19.1 Å². The molecule has 2 aromatic rings. The summed E-state index contributed by atoms with van der Waals surface area (Å²) >= 11 is 0. The molecule has 1 aromatic heterocycles. The van der Waals surface area contributed by atoms with Gasteiger partial charge < -0.3 is 24.0 Å². The molecule has 322 valence electrons. The van der Waals surface area contributed by atoms with Crippen LogP contribution in [0.2, 0.25) is 0 Å². The molecule has 3 fully saturated rings. The molecule has 2 amide bonds. The molecule has 7 rings (SSSR count). The first-order chi connectivity index (χ1) is 27.9. The maximum absolute atomic E-state index is 15.1. The normalized spacial score (nSPS) is 30.2. The molecule has 1 N–H and O–H groups in total. The molecule has 0 bridgehead atoms. The summed E-state index contributed by atoms with van der Waals surface area (Å²) in [5.41, 5.74) is -1.22. The van der Waals surface area contributed by atoms with Crippen molar-refractivity contribution in [3.05, 3.63) is 36.5 Å². The number of hydrogen-bond donors (Lipinski definition) is 1. The van der Waals surface area contributed by atoms with Gasteiger partial charge in [-0.25, -0.2) is 17.8 Å². The number of fused-ring (bicyclic) bond motifs is 5. The number of sulfonamides is 1. The zero-order valence-corrected chi connectivity index (χ0v) is 35.9. The van der Waals surface area contributed by atoms with Gasteiger partial charge in [-0.3, -0.25) is 23.9 Å². The number of aromatic nitrogens is 1. The Hall–Kier alpha value is -4.27. The van der Waals surface area contributed by atoms with E-state index in [2.05, 4.69) is 21.5 Å². The number of nitrogens with zero attached hydrogens (tertiary/aromatic N) is 3. The van der Waals surface area contributed by atoms with Crippen LogP contribution in [0.1, 0.15) is 98.8 Å². The number of pyridine rings is 1. The number of carbonyl (C=O) groups excluding carboxylic acids is 4. The average molecular weight is 839 g/mol. The highest BCUT2D eigenvalue weighted by atomic mass is 32.2. The van der Waals surface area contributed by atoms with Crippen molar-refractivity contribution in [1.29, 1.82) is 0 Å². The first-order valence-corrected chi connectivity index (χ1v) is 22.7. The minimum absolute atomic E-state index is 0.0181. The van der Waals surface area contributed by atoms with Gasteiger partial charge in [0.15, 0.2) is 11.5 Å². The van der Waals surface area contributed by atoms with E-state index >= 15 is 4.79 Å². The molecule has 59 heavy (non-hydrogen) atoms. The quantitative estimate of drug-likeness (QED) is 0.230. The SMILES string of the molecule is CC[C@@H]1C[C@@H](C)CC/C=C\[C@@H]2C[C@@]2(C(=O)NS(=O)(=O)C2(CF)CC2)CC(=O)[C@@H]2C[C@@H](Oc3nccc4c5c(ccc34)N(C)CCO5)CN2C(=O)[C@H]1CC(=O)OC(C)(C)C. The third kappa shape index (κ3) is 8.68. The van der Waals surface area contributed by atoms with Gasteiger partial charge in [-0.05, 0) is 95.2 Å². The lowest BCUT2D eigenvalue weighted by Gasteiger charge is -2.33. The van der Waals surface area contributed by atoms with E-state index in [-0.39, 0.29) is 62.8 Å². The van der Waals surface area contributed by atoms with Crippen molar-refractivity contribution >= 4 is 50.1 Å². The number of Topliss-reactive ketones (excluding diaryl/α,β-unsaturated/α-hetero) is 1. The van der Waals surface area contributed by atoms with E-state index in [4.69, 9.17) is 14.2 Å². The summed E-state index contributed by atoms with van der Waals surface area (Å²) < 4.78 is 59.5. The van der Waals surface area contributed by atoms with Gasteiger partial charge in [0.1, 0.15) is 29.7 Å². The lowest BCUT2D eigenvalue weighted by Crippen LogP contribution is -2.48. The number of allylic oxidation sites excluding steroid dienone is 2. The summed E-state index contributed by atoms with van der Waals surface area (Å²) in [6, 6.07) is 4.69. The number of amides is 2. The molecule has 3 aliphatic heterocycles. The van der Waals surface area contributed by atoms with Crippen molar-refractivity contribution in [1.82, 2.24) is 14.6 Å². The van der Waals surface area contributed by atoms with E-state index in [1.807, 2.05) is 44.3 Å². The van der Waals surface area contributed by atoms with Gasteiger partial charge in [0, 0.05) is 36.9 Å². The maximum atomic E-state index is 15.1. The van der Waals surface area contributed by atoms with Crippen LogP contribution in [-0.2, 0) is 33.9 Å². The lowest BCUT2D eigenvalue weighted by atomic mass is 9.79. The van der Waals surface area contributed by atoms with Gasteiger partial charge in [0.2, 0.25) is 27.7 Å². The molecule has 13 nitrogen and oxygen atoms in total. The van der Waals surface area contributed by atoms with Crippen LogP contribution in [0.5, 0.6) is 11.6 Å². The third-order valence-corrected chi connectivity index (χ3v) is 15.3. The van der Waals surface area contributed by atoms with Crippen LogP contribution in [0.15, 0.2) is 36.5 Å². The zero-order valence-electron chi connectivity index (χ0n) is 35.1.